The maximum Gasteiger partial charge on any atom is 0.239 e. The van der Waals surface area contributed by atoms with Crippen LogP contribution in [0.3, 0.4) is 0 Å². The van der Waals surface area contributed by atoms with Gasteiger partial charge in [-0.3, -0.25) is 4.79 Å². The first-order valence-electron chi connectivity index (χ1n) is 8.96. The Morgan fingerprint density at radius 1 is 1.04 bits per heavy atom. The first kappa shape index (κ1) is 20.4. The zero-order chi connectivity index (χ0) is 17.6. The molecule has 1 amide bonds. The lowest BCUT2D eigenvalue weighted by molar-refractivity contribution is -0.134. The van der Waals surface area contributed by atoms with Gasteiger partial charge in [0.25, 0.3) is 0 Å². The van der Waals surface area contributed by atoms with Gasteiger partial charge in [0.05, 0.1) is 12.1 Å². The van der Waals surface area contributed by atoms with Crippen molar-refractivity contribution >= 4 is 18.3 Å². The number of hydrogen-bond donors (Lipinski definition) is 2. The van der Waals surface area contributed by atoms with E-state index in [2.05, 4.69) is 0 Å². The lowest BCUT2D eigenvalue weighted by Gasteiger charge is -2.35. The standard InChI is InChI=1S/C21H26N2O2.ClH/c22-19(15-16-7-3-1-4-8-16)21(25)23-13-11-18(12-14-23)20(24)17-9-5-2-6-10-17;/h1-10,18-20,24H,11-15,22H2;1H. The molecule has 0 saturated carbocycles. The van der Waals surface area contributed by atoms with Crippen molar-refractivity contribution in [2.45, 2.75) is 31.4 Å². The highest BCUT2D eigenvalue weighted by Crippen LogP contribution is 2.30. The van der Waals surface area contributed by atoms with Gasteiger partial charge in [-0.05, 0) is 36.3 Å². The molecule has 26 heavy (non-hydrogen) atoms. The van der Waals surface area contributed by atoms with Crippen molar-refractivity contribution in [2.24, 2.45) is 11.7 Å². The number of aliphatic hydroxyl groups excluding tert-OH is 1. The van der Waals surface area contributed by atoms with Gasteiger partial charge in [-0.1, -0.05) is 60.7 Å². The van der Waals surface area contributed by atoms with E-state index in [1.807, 2.05) is 65.6 Å². The minimum atomic E-state index is -0.502. The van der Waals surface area contributed by atoms with Crippen LogP contribution >= 0.6 is 12.4 Å². The van der Waals surface area contributed by atoms with Crippen molar-refractivity contribution < 1.29 is 9.90 Å². The SMILES string of the molecule is Cl.NC(Cc1ccccc1)C(=O)N1CCC(C(O)c2ccccc2)CC1. The predicted molar refractivity (Wildman–Crippen MR) is 106 cm³/mol. The number of piperidine rings is 1. The number of nitrogens with zero attached hydrogens (tertiary/aromatic N) is 1. The average molecular weight is 375 g/mol. The molecule has 0 aliphatic carbocycles. The van der Waals surface area contributed by atoms with Gasteiger partial charge in [0.2, 0.25) is 5.91 Å². The molecule has 0 bridgehead atoms. The largest absolute Gasteiger partial charge is 0.388 e. The third kappa shape index (κ3) is 5.07. The average Bonchev–Trinajstić information content (AvgIpc) is 2.68. The minimum Gasteiger partial charge on any atom is -0.388 e. The maximum atomic E-state index is 12.6. The quantitative estimate of drug-likeness (QED) is 0.845. The summed E-state index contributed by atoms with van der Waals surface area (Å²) in [7, 11) is 0. The Kier molecular flexibility index (Phi) is 7.64. The van der Waals surface area contributed by atoms with Crippen LogP contribution < -0.4 is 5.73 Å². The Bertz CT molecular complexity index is 673. The molecule has 1 heterocycles. The number of benzene rings is 2. The lowest BCUT2D eigenvalue weighted by atomic mass is 9.87. The molecule has 5 heteroatoms. The predicted octanol–water partition coefficient (Wildman–Crippen LogP) is 2.95. The third-order valence-corrected chi connectivity index (χ3v) is 5.05. The fourth-order valence-corrected chi connectivity index (χ4v) is 3.55. The van der Waals surface area contributed by atoms with E-state index < -0.39 is 12.1 Å². The van der Waals surface area contributed by atoms with Gasteiger partial charge in [0.15, 0.2) is 0 Å². The molecule has 2 aromatic carbocycles. The minimum absolute atomic E-state index is 0. The lowest BCUT2D eigenvalue weighted by Crippen LogP contribution is -2.48. The van der Waals surface area contributed by atoms with Crippen LogP contribution in [-0.2, 0) is 11.2 Å². The highest BCUT2D eigenvalue weighted by molar-refractivity contribution is 5.85. The summed E-state index contributed by atoms with van der Waals surface area (Å²) in [4.78, 5) is 14.4. The fraction of sp³-hybridized carbons (Fsp3) is 0.381. The van der Waals surface area contributed by atoms with Crippen LogP contribution in [0.15, 0.2) is 60.7 Å². The van der Waals surface area contributed by atoms with Crippen LogP contribution in [0.1, 0.15) is 30.1 Å². The zero-order valence-electron chi connectivity index (χ0n) is 14.8. The molecule has 140 valence electrons. The van der Waals surface area contributed by atoms with Crippen molar-refractivity contribution in [3.05, 3.63) is 71.8 Å². The number of aliphatic hydroxyl groups is 1. The van der Waals surface area contributed by atoms with E-state index in [0.717, 1.165) is 24.0 Å². The van der Waals surface area contributed by atoms with E-state index in [4.69, 9.17) is 5.73 Å². The molecule has 2 unspecified atom stereocenters. The summed E-state index contributed by atoms with van der Waals surface area (Å²) in [6.07, 6.45) is 1.71. The van der Waals surface area contributed by atoms with Crippen LogP contribution in [-0.4, -0.2) is 35.0 Å². The van der Waals surface area contributed by atoms with Crippen molar-refractivity contribution in [2.75, 3.05) is 13.1 Å². The molecule has 1 fully saturated rings. The van der Waals surface area contributed by atoms with E-state index in [9.17, 15) is 9.90 Å². The molecule has 0 aromatic heterocycles. The van der Waals surface area contributed by atoms with E-state index >= 15 is 0 Å². The van der Waals surface area contributed by atoms with Gasteiger partial charge in [-0.2, -0.15) is 0 Å². The molecule has 2 aromatic rings. The van der Waals surface area contributed by atoms with Crippen molar-refractivity contribution in [3.8, 4) is 0 Å². The second-order valence-electron chi connectivity index (χ2n) is 6.81. The van der Waals surface area contributed by atoms with Crippen LogP contribution in [0.5, 0.6) is 0 Å². The molecule has 1 aliphatic heterocycles. The number of likely N-dealkylation sites (tertiary alicyclic amines) is 1. The number of carbonyl (C=O) groups is 1. The second kappa shape index (κ2) is 9.72. The molecule has 1 aliphatic rings. The number of hydrogen-bond acceptors (Lipinski definition) is 3. The van der Waals surface area contributed by atoms with Crippen LogP contribution in [0, 0.1) is 5.92 Å². The Labute approximate surface area is 161 Å². The summed E-state index contributed by atoms with van der Waals surface area (Å²) in [5.41, 5.74) is 8.16. The highest BCUT2D eigenvalue weighted by Gasteiger charge is 2.30. The first-order valence-corrected chi connectivity index (χ1v) is 8.96. The Balaban J connectivity index is 0.00000243. The van der Waals surface area contributed by atoms with Crippen molar-refractivity contribution in [1.29, 1.82) is 0 Å². The number of amides is 1. The van der Waals surface area contributed by atoms with Gasteiger partial charge in [-0.15, -0.1) is 12.4 Å². The molecular formula is C21H27ClN2O2. The van der Waals surface area contributed by atoms with E-state index in [1.54, 1.807) is 0 Å². The van der Waals surface area contributed by atoms with E-state index in [-0.39, 0.29) is 24.2 Å². The first-order chi connectivity index (χ1) is 12.1. The molecule has 0 radical (unpaired) electrons. The Hall–Kier alpha value is -1.88. The maximum absolute atomic E-state index is 12.6. The Morgan fingerprint density at radius 3 is 2.15 bits per heavy atom. The monoisotopic (exact) mass is 374 g/mol. The molecular weight excluding hydrogens is 348 g/mol. The van der Waals surface area contributed by atoms with Gasteiger partial charge in [-0.25, -0.2) is 0 Å². The number of carbonyl (C=O) groups excluding carboxylic acids is 1. The summed E-state index contributed by atoms with van der Waals surface area (Å²) in [5, 5.41) is 10.5. The summed E-state index contributed by atoms with van der Waals surface area (Å²) >= 11 is 0. The number of rotatable bonds is 5. The molecule has 0 spiro atoms. The van der Waals surface area contributed by atoms with Gasteiger partial charge in [0.1, 0.15) is 0 Å². The highest BCUT2D eigenvalue weighted by atomic mass is 35.5. The van der Waals surface area contributed by atoms with Crippen molar-refractivity contribution in [1.82, 2.24) is 4.90 Å². The number of nitrogens with two attached hydrogens (primary N) is 1. The van der Waals surface area contributed by atoms with E-state index in [1.165, 1.54) is 0 Å². The fourth-order valence-electron chi connectivity index (χ4n) is 3.55. The molecule has 2 atom stereocenters. The topological polar surface area (TPSA) is 66.6 Å². The molecule has 3 rings (SSSR count). The Morgan fingerprint density at radius 2 is 1.58 bits per heavy atom. The summed E-state index contributed by atoms with van der Waals surface area (Å²) in [5.74, 6) is 0.202. The second-order valence-corrected chi connectivity index (χ2v) is 6.81. The summed E-state index contributed by atoms with van der Waals surface area (Å²) in [6, 6.07) is 19.1. The number of halogens is 1. The van der Waals surface area contributed by atoms with Crippen LogP contribution in [0.25, 0.3) is 0 Å². The van der Waals surface area contributed by atoms with Gasteiger partial charge >= 0.3 is 0 Å². The molecule has 1 saturated heterocycles. The van der Waals surface area contributed by atoms with Crippen LogP contribution in [0.4, 0.5) is 0 Å². The normalized spacial score (nSPS) is 17.2. The molecule has 4 nitrogen and oxygen atoms in total. The summed E-state index contributed by atoms with van der Waals surface area (Å²) in [6.45, 7) is 1.33. The van der Waals surface area contributed by atoms with Crippen LogP contribution in [0.2, 0.25) is 0 Å². The van der Waals surface area contributed by atoms with Gasteiger partial charge < -0.3 is 15.7 Å². The van der Waals surface area contributed by atoms with Gasteiger partial charge in [0, 0.05) is 13.1 Å². The third-order valence-electron chi connectivity index (χ3n) is 5.05. The van der Waals surface area contributed by atoms with Crippen molar-refractivity contribution in [3.63, 3.8) is 0 Å². The zero-order valence-corrected chi connectivity index (χ0v) is 15.6. The smallest absolute Gasteiger partial charge is 0.239 e. The summed E-state index contributed by atoms with van der Waals surface area (Å²) < 4.78 is 0. The molecule has 3 N–H and O–H groups in total. The van der Waals surface area contributed by atoms with E-state index in [0.29, 0.717) is 19.5 Å².